The maximum atomic E-state index is 11.7. The van der Waals surface area contributed by atoms with Crippen LogP contribution in [0.1, 0.15) is 18.9 Å². The second kappa shape index (κ2) is 7.41. The summed E-state index contributed by atoms with van der Waals surface area (Å²) in [4.78, 5) is 24.7. The Labute approximate surface area is 130 Å². The Bertz CT molecular complexity index is 652. The molecule has 4 nitrogen and oxygen atoms in total. The fourth-order valence-electron chi connectivity index (χ4n) is 2.16. The number of esters is 1. The van der Waals surface area contributed by atoms with Gasteiger partial charge in [0.25, 0.3) is 0 Å². The Hall–Kier alpha value is -2.62. The second-order valence-corrected chi connectivity index (χ2v) is 5.16. The van der Waals surface area contributed by atoms with Gasteiger partial charge in [0.2, 0.25) is 0 Å². The summed E-state index contributed by atoms with van der Waals surface area (Å²) in [6.45, 7) is 2.07. The number of hydrogen-bond donors (Lipinski definition) is 0. The van der Waals surface area contributed by atoms with Crippen molar-refractivity contribution in [1.29, 1.82) is 0 Å². The van der Waals surface area contributed by atoms with E-state index in [1.165, 1.54) is 6.92 Å². The van der Waals surface area contributed by atoms with Crippen LogP contribution in [0.5, 0.6) is 5.75 Å². The standard InChI is InChI=1S/C18H19NO3/c1-14(20)12-18(21)22-17-11-7-6-10-16(17)19(2)13-15-8-4-3-5-9-15/h3-11H,12-13H2,1-2H3. The summed E-state index contributed by atoms with van der Waals surface area (Å²) in [5.41, 5.74) is 1.97. The van der Waals surface area contributed by atoms with Crippen LogP contribution in [0.15, 0.2) is 54.6 Å². The molecule has 114 valence electrons. The second-order valence-electron chi connectivity index (χ2n) is 5.16. The fraction of sp³-hybridized carbons (Fsp3) is 0.222. The van der Waals surface area contributed by atoms with Crippen LogP contribution in [0, 0.1) is 0 Å². The van der Waals surface area contributed by atoms with Gasteiger partial charge in [-0.05, 0) is 24.6 Å². The maximum Gasteiger partial charge on any atom is 0.318 e. The number of para-hydroxylation sites is 2. The minimum absolute atomic E-state index is 0.208. The summed E-state index contributed by atoms with van der Waals surface area (Å²) >= 11 is 0. The van der Waals surface area contributed by atoms with E-state index in [0.717, 1.165) is 11.3 Å². The Balaban J connectivity index is 2.13. The summed E-state index contributed by atoms with van der Waals surface area (Å²) in [6, 6.07) is 17.3. The van der Waals surface area contributed by atoms with Gasteiger partial charge >= 0.3 is 5.97 Å². The lowest BCUT2D eigenvalue weighted by Gasteiger charge is -2.22. The number of carbonyl (C=O) groups excluding carboxylic acids is 2. The Kier molecular flexibility index (Phi) is 5.31. The largest absolute Gasteiger partial charge is 0.424 e. The molecule has 0 atom stereocenters. The van der Waals surface area contributed by atoms with Crippen LogP contribution in [0.3, 0.4) is 0 Å². The Morgan fingerprint density at radius 3 is 2.32 bits per heavy atom. The van der Waals surface area contributed by atoms with Gasteiger partial charge in [-0.25, -0.2) is 0 Å². The van der Waals surface area contributed by atoms with Crippen molar-refractivity contribution < 1.29 is 14.3 Å². The first-order valence-electron chi connectivity index (χ1n) is 7.10. The van der Waals surface area contributed by atoms with Gasteiger partial charge < -0.3 is 9.64 Å². The van der Waals surface area contributed by atoms with Gasteiger partial charge in [-0.1, -0.05) is 42.5 Å². The van der Waals surface area contributed by atoms with Crippen LogP contribution in [0.25, 0.3) is 0 Å². The lowest BCUT2D eigenvalue weighted by atomic mass is 10.2. The van der Waals surface area contributed by atoms with Gasteiger partial charge in [0, 0.05) is 13.6 Å². The number of carbonyl (C=O) groups is 2. The molecule has 2 aromatic carbocycles. The zero-order valence-electron chi connectivity index (χ0n) is 12.8. The molecule has 0 bridgehead atoms. The lowest BCUT2D eigenvalue weighted by Crippen LogP contribution is -2.19. The summed E-state index contributed by atoms with van der Waals surface area (Å²) in [5.74, 6) is -0.277. The average molecular weight is 297 g/mol. The van der Waals surface area contributed by atoms with Gasteiger partial charge in [0.15, 0.2) is 5.75 Å². The molecule has 0 saturated carbocycles. The van der Waals surface area contributed by atoms with Gasteiger partial charge in [0.05, 0.1) is 5.69 Å². The summed E-state index contributed by atoms with van der Waals surface area (Å²) in [7, 11) is 1.94. The number of rotatable bonds is 6. The molecule has 0 aromatic heterocycles. The highest BCUT2D eigenvalue weighted by molar-refractivity contribution is 5.95. The number of ether oxygens (including phenoxy) is 1. The molecule has 0 aliphatic heterocycles. The van der Waals surface area contributed by atoms with E-state index in [2.05, 4.69) is 0 Å². The molecule has 0 aliphatic carbocycles. The van der Waals surface area contributed by atoms with Gasteiger partial charge in [0.1, 0.15) is 12.2 Å². The predicted octanol–water partition coefficient (Wildman–Crippen LogP) is 3.21. The summed E-state index contributed by atoms with van der Waals surface area (Å²) in [5, 5.41) is 0. The molecule has 0 saturated heterocycles. The topological polar surface area (TPSA) is 46.6 Å². The number of hydrogen-bond acceptors (Lipinski definition) is 4. The van der Waals surface area contributed by atoms with Gasteiger partial charge in [-0.15, -0.1) is 0 Å². The Morgan fingerprint density at radius 2 is 1.64 bits per heavy atom. The van der Waals surface area contributed by atoms with Crippen molar-refractivity contribution in [3.05, 3.63) is 60.2 Å². The molecule has 2 aromatic rings. The highest BCUT2D eigenvalue weighted by Crippen LogP contribution is 2.28. The molecule has 0 aliphatic rings. The minimum Gasteiger partial charge on any atom is -0.424 e. The molecule has 0 radical (unpaired) electrons. The lowest BCUT2D eigenvalue weighted by molar-refractivity contribution is -0.137. The molecule has 22 heavy (non-hydrogen) atoms. The zero-order chi connectivity index (χ0) is 15.9. The molecule has 0 unspecified atom stereocenters. The Morgan fingerprint density at radius 1 is 1.00 bits per heavy atom. The minimum atomic E-state index is -0.534. The smallest absolute Gasteiger partial charge is 0.318 e. The molecule has 2 rings (SSSR count). The third-order valence-electron chi connectivity index (χ3n) is 3.16. The van der Waals surface area contributed by atoms with Crippen molar-refractivity contribution in [1.82, 2.24) is 0 Å². The van der Waals surface area contributed by atoms with E-state index in [4.69, 9.17) is 4.74 Å². The number of anilines is 1. The fourth-order valence-corrected chi connectivity index (χ4v) is 2.16. The molecule has 0 spiro atoms. The number of benzene rings is 2. The van der Waals surface area contributed by atoms with E-state index in [0.29, 0.717) is 12.3 Å². The number of ketones is 1. The number of Topliss-reactive ketones (excluding diaryl/α,β-unsaturated/α-hetero) is 1. The zero-order valence-corrected chi connectivity index (χ0v) is 12.8. The van der Waals surface area contributed by atoms with Gasteiger partial charge in [-0.2, -0.15) is 0 Å². The van der Waals surface area contributed by atoms with Crippen molar-refractivity contribution in [3.63, 3.8) is 0 Å². The SMILES string of the molecule is CC(=O)CC(=O)Oc1ccccc1N(C)Cc1ccccc1. The van der Waals surface area contributed by atoms with E-state index < -0.39 is 5.97 Å². The molecule has 0 heterocycles. The van der Waals surface area contributed by atoms with Crippen LogP contribution in [-0.2, 0) is 16.1 Å². The van der Waals surface area contributed by atoms with E-state index in [-0.39, 0.29) is 12.2 Å². The van der Waals surface area contributed by atoms with Crippen LogP contribution in [0.2, 0.25) is 0 Å². The molecular formula is C18H19NO3. The van der Waals surface area contributed by atoms with E-state index in [1.807, 2.05) is 54.4 Å². The first kappa shape index (κ1) is 15.8. The summed E-state index contributed by atoms with van der Waals surface area (Å²) in [6.07, 6.45) is -0.212. The average Bonchev–Trinajstić information content (AvgIpc) is 2.47. The van der Waals surface area contributed by atoms with Crippen LogP contribution in [0.4, 0.5) is 5.69 Å². The third-order valence-corrected chi connectivity index (χ3v) is 3.16. The van der Waals surface area contributed by atoms with Crippen molar-refractivity contribution in [2.45, 2.75) is 19.9 Å². The highest BCUT2D eigenvalue weighted by atomic mass is 16.5. The van der Waals surface area contributed by atoms with Crippen molar-refractivity contribution >= 4 is 17.4 Å². The molecule has 0 fully saturated rings. The quantitative estimate of drug-likeness (QED) is 0.466. The third kappa shape index (κ3) is 4.45. The van der Waals surface area contributed by atoms with Crippen LogP contribution in [-0.4, -0.2) is 18.8 Å². The van der Waals surface area contributed by atoms with Crippen LogP contribution >= 0.6 is 0 Å². The van der Waals surface area contributed by atoms with Crippen molar-refractivity contribution in [2.24, 2.45) is 0 Å². The van der Waals surface area contributed by atoms with Crippen molar-refractivity contribution in [2.75, 3.05) is 11.9 Å². The first-order chi connectivity index (χ1) is 10.6. The van der Waals surface area contributed by atoms with E-state index in [9.17, 15) is 9.59 Å². The maximum absolute atomic E-state index is 11.7. The van der Waals surface area contributed by atoms with E-state index >= 15 is 0 Å². The predicted molar refractivity (Wildman–Crippen MR) is 85.9 cm³/mol. The molecular weight excluding hydrogens is 278 g/mol. The van der Waals surface area contributed by atoms with Crippen molar-refractivity contribution in [3.8, 4) is 5.75 Å². The highest BCUT2D eigenvalue weighted by Gasteiger charge is 2.13. The normalized spacial score (nSPS) is 10.1. The molecule has 0 N–H and O–H groups in total. The number of nitrogens with zero attached hydrogens (tertiary/aromatic N) is 1. The first-order valence-corrected chi connectivity index (χ1v) is 7.10. The molecule has 4 heteroatoms. The monoisotopic (exact) mass is 297 g/mol. The van der Waals surface area contributed by atoms with E-state index in [1.54, 1.807) is 12.1 Å². The summed E-state index contributed by atoms with van der Waals surface area (Å²) < 4.78 is 5.31. The van der Waals surface area contributed by atoms with Gasteiger partial charge in [-0.3, -0.25) is 9.59 Å². The van der Waals surface area contributed by atoms with Crippen LogP contribution < -0.4 is 9.64 Å². The molecule has 0 amide bonds.